The highest BCUT2D eigenvalue weighted by Gasteiger charge is 2.20. The molecule has 0 atom stereocenters. The van der Waals surface area contributed by atoms with E-state index in [9.17, 15) is 19.2 Å². The second-order valence-corrected chi connectivity index (χ2v) is 4.35. The van der Waals surface area contributed by atoms with E-state index in [4.69, 9.17) is 16.1 Å². The fourth-order valence-corrected chi connectivity index (χ4v) is 1.61. The number of carbonyl (C=O) groups is 4. The van der Waals surface area contributed by atoms with Crippen LogP contribution in [0, 0.1) is 0 Å². The number of rotatable bonds is 2. The molecule has 0 aromatic heterocycles. The minimum absolute atomic E-state index is 0.379. The summed E-state index contributed by atoms with van der Waals surface area (Å²) < 4.78 is 3.08. The lowest BCUT2D eigenvalue weighted by molar-refractivity contribution is 0.0613. The molecule has 9 heteroatoms. The maximum absolute atomic E-state index is 11.9. The molecule has 4 N–H and O–H groups in total. The molecule has 2 aromatic carbocycles. The lowest BCUT2D eigenvalue weighted by Gasteiger charge is -2.14. The van der Waals surface area contributed by atoms with Crippen molar-refractivity contribution >= 4 is 24.1 Å². The van der Waals surface area contributed by atoms with Crippen LogP contribution in [0.25, 0.3) is 0 Å². The lowest BCUT2D eigenvalue weighted by atomic mass is 10.2. The van der Waals surface area contributed by atoms with E-state index in [0.717, 1.165) is 0 Å². The number of imide groups is 1. The summed E-state index contributed by atoms with van der Waals surface area (Å²) in [5.74, 6) is 4.51. The molecule has 0 saturated heterocycles. The van der Waals surface area contributed by atoms with E-state index in [-0.39, 0.29) is 0 Å². The summed E-state index contributed by atoms with van der Waals surface area (Å²) in [6, 6.07) is 16.9. The van der Waals surface area contributed by atoms with Gasteiger partial charge in [0.25, 0.3) is 11.8 Å². The molecule has 0 bridgehead atoms. The summed E-state index contributed by atoms with van der Waals surface area (Å²) in [5, 5.41) is 15.6. The summed E-state index contributed by atoms with van der Waals surface area (Å²) >= 11 is 0. The summed E-state index contributed by atoms with van der Waals surface area (Å²) in [7, 11) is 0. The molecule has 0 fully saturated rings. The van der Waals surface area contributed by atoms with Crippen molar-refractivity contribution in [2.75, 3.05) is 0 Å². The predicted molar refractivity (Wildman–Crippen MR) is 84.7 cm³/mol. The van der Waals surface area contributed by atoms with Crippen LogP contribution in [0.15, 0.2) is 60.7 Å². The third kappa shape index (κ3) is 6.50. The van der Waals surface area contributed by atoms with Crippen molar-refractivity contribution < 1.29 is 34.1 Å². The quantitative estimate of drug-likeness (QED) is 0.187. The smallest absolute Gasteiger partial charge is 0.449 e. The number of hydrazine groups is 1. The first-order chi connectivity index (χ1) is 11.8. The zero-order valence-corrected chi connectivity index (χ0v) is 12.7. The number of amides is 2. The van der Waals surface area contributed by atoms with Crippen LogP contribution in [-0.2, 0) is 4.74 Å². The maximum atomic E-state index is 11.9. The van der Waals surface area contributed by atoms with Crippen LogP contribution in [0.2, 0.25) is 0 Å². The normalized spacial score (nSPS) is 9.16. The van der Waals surface area contributed by atoms with Gasteiger partial charge in [0.05, 0.1) is 0 Å². The number of ether oxygens (including phenoxy) is 1. The Morgan fingerprint density at radius 3 is 1.28 bits per heavy atom. The molecule has 130 valence electrons. The first-order valence-electron chi connectivity index (χ1n) is 6.70. The number of hydrogen-bond donors (Lipinski definition) is 3. The Balaban J connectivity index is 0.000000381. The van der Waals surface area contributed by atoms with Gasteiger partial charge in [-0.25, -0.2) is 20.4 Å². The van der Waals surface area contributed by atoms with E-state index in [1.807, 2.05) is 0 Å². The molecule has 2 aromatic rings. The van der Waals surface area contributed by atoms with Gasteiger partial charge in [-0.3, -0.25) is 9.59 Å². The van der Waals surface area contributed by atoms with Crippen LogP contribution in [-0.4, -0.2) is 39.3 Å². The standard InChI is InChI=1S/C14H12N2O2.C2H2O5/c15-16(13(17)11-7-3-1-4-8-11)14(18)12-9-5-2-6-10-12;3-1(4)7-2(5)6/h1-10H,15H2;(H,3,4)(H,5,6). The van der Waals surface area contributed by atoms with Crippen LogP contribution in [0.1, 0.15) is 20.7 Å². The predicted octanol–water partition coefficient (Wildman–Crippen LogP) is 2.20. The van der Waals surface area contributed by atoms with Gasteiger partial charge in [-0.1, -0.05) is 36.4 Å². The lowest BCUT2D eigenvalue weighted by Crippen LogP contribution is -2.42. The van der Waals surface area contributed by atoms with Crippen molar-refractivity contribution in [3.63, 3.8) is 0 Å². The SMILES string of the molecule is NN(C(=O)c1ccccc1)C(=O)c1ccccc1.O=C(O)OC(=O)O. The number of nitrogens with zero attached hydrogens (tertiary/aromatic N) is 1. The van der Waals surface area contributed by atoms with Crippen molar-refractivity contribution in [3.05, 3.63) is 71.8 Å². The van der Waals surface area contributed by atoms with E-state index in [1.54, 1.807) is 60.7 Å². The molecule has 0 radical (unpaired) electrons. The van der Waals surface area contributed by atoms with Gasteiger partial charge < -0.3 is 14.9 Å². The fraction of sp³-hybridized carbons (Fsp3) is 0. The third-order valence-electron chi connectivity index (χ3n) is 2.65. The van der Waals surface area contributed by atoms with Gasteiger partial charge >= 0.3 is 12.3 Å². The molecule has 0 spiro atoms. The van der Waals surface area contributed by atoms with Crippen molar-refractivity contribution in [2.45, 2.75) is 0 Å². The molecule has 0 unspecified atom stereocenters. The molecule has 0 heterocycles. The van der Waals surface area contributed by atoms with Gasteiger partial charge in [0, 0.05) is 11.1 Å². The van der Waals surface area contributed by atoms with Crippen molar-refractivity contribution in [1.29, 1.82) is 0 Å². The van der Waals surface area contributed by atoms with Gasteiger partial charge in [-0.15, -0.1) is 0 Å². The average molecular weight is 346 g/mol. The monoisotopic (exact) mass is 346 g/mol. The van der Waals surface area contributed by atoms with E-state index in [2.05, 4.69) is 4.74 Å². The summed E-state index contributed by atoms with van der Waals surface area (Å²) in [4.78, 5) is 42.3. The molecule has 2 rings (SSSR count). The first kappa shape index (κ1) is 19.3. The topological polar surface area (TPSA) is 147 Å². The van der Waals surface area contributed by atoms with E-state index in [1.165, 1.54) is 0 Å². The van der Waals surface area contributed by atoms with Crippen molar-refractivity contribution in [3.8, 4) is 0 Å². The Labute approximate surface area is 141 Å². The molecule has 2 amide bonds. The molecule has 25 heavy (non-hydrogen) atoms. The van der Waals surface area contributed by atoms with Gasteiger partial charge in [-0.05, 0) is 24.3 Å². The van der Waals surface area contributed by atoms with Crippen molar-refractivity contribution in [2.24, 2.45) is 5.84 Å². The number of carbonyl (C=O) groups excluding carboxylic acids is 2. The minimum Gasteiger partial charge on any atom is -0.449 e. The Bertz CT molecular complexity index is 684. The van der Waals surface area contributed by atoms with Crippen LogP contribution < -0.4 is 5.84 Å². The van der Waals surface area contributed by atoms with E-state index < -0.39 is 24.1 Å². The van der Waals surface area contributed by atoms with Crippen LogP contribution >= 0.6 is 0 Å². The largest absolute Gasteiger partial charge is 0.516 e. The highest BCUT2D eigenvalue weighted by Crippen LogP contribution is 2.06. The highest BCUT2D eigenvalue weighted by molar-refractivity contribution is 6.09. The van der Waals surface area contributed by atoms with Gasteiger partial charge in [-0.2, -0.15) is 0 Å². The second-order valence-electron chi connectivity index (χ2n) is 4.35. The van der Waals surface area contributed by atoms with Crippen LogP contribution in [0.4, 0.5) is 9.59 Å². The van der Waals surface area contributed by atoms with E-state index in [0.29, 0.717) is 16.1 Å². The maximum Gasteiger partial charge on any atom is 0.516 e. The molecular weight excluding hydrogens is 332 g/mol. The average Bonchev–Trinajstić information content (AvgIpc) is 2.60. The molecule has 0 saturated carbocycles. The fourth-order valence-electron chi connectivity index (χ4n) is 1.61. The zero-order chi connectivity index (χ0) is 18.8. The summed E-state index contributed by atoms with van der Waals surface area (Å²) in [6.45, 7) is 0. The second kappa shape index (κ2) is 9.43. The van der Waals surface area contributed by atoms with Gasteiger partial charge in [0.15, 0.2) is 0 Å². The molecular formula is C16H14N2O7. The zero-order valence-electron chi connectivity index (χ0n) is 12.7. The number of carboxylic acid groups (broad SMARTS) is 2. The number of benzene rings is 2. The first-order valence-corrected chi connectivity index (χ1v) is 6.70. The third-order valence-corrected chi connectivity index (χ3v) is 2.65. The molecule has 0 aliphatic heterocycles. The minimum atomic E-state index is -1.81. The van der Waals surface area contributed by atoms with Crippen LogP contribution in [0.5, 0.6) is 0 Å². The summed E-state index contributed by atoms with van der Waals surface area (Å²) in [6.07, 6.45) is -3.62. The molecule has 0 aliphatic carbocycles. The summed E-state index contributed by atoms with van der Waals surface area (Å²) in [5.41, 5.74) is 0.758. The number of nitrogens with two attached hydrogens (primary N) is 1. The number of hydrogen-bond acceptors (Lipinski definition) is 6. The molecule has 9 nitrogen and oxygen atoms in total. The Morgan fingerprint density at radius 2 is 1.04 bits per heavy atom. The van der Waals surface area contributed by atoms with Crippen LogP contribution in [0.3, 0.4) is 0 Å². The van der Waals surface area contributed by atoms with Crippen molar-refractivity contribution in [1.82, 2.24) is 5.01 Å². The Hall–Kier alpha value is -3.72. The Morgan fingerprint density at radius 1 is 0.720 bits per heavy atom. The van der Waals surface area contributed by atoms with Gasteiger partial charge in [0.2, 0.25) is 0 Å². The van der Waals surface area contributed by atoms with Gasteiger partial charge in [0.1, 0.15) is 0 Å². The Kier molecular flexibility index (Phi) is 7.29. The van der Waals surface area contributed by atoms with E-state index >= 15 is 0 Å². The molecule has 0 aliphatic rings. The highest BCUT2D eigenvalue weighted by atomic mass is 16.7.